The Balaban J connectivity index is 1.86. The zero-order chi connectivity index (χ0) is 12.8. The Kier molecular flexibility index (Phi) is 3.91. The lowest BCUT2D eigenvalue weighted by Gasteiger charge is -2.05. The van der Waals surface area contributed by atoms with Crippen LogP contribution in [-0.2, 0) is 11.2 Å². The molecule has 92 valence electrons. The van der Waals surface area contributed by atoms with E-state index in [1.165, 1.54) is 0 Å². The van der Waals surface area contributed by atoms with Gasteiger partial charge in [-0.3, -0.25) is 9.78 Å². The Bertz CT molecular complexity index is 526. The molecule has 18 heavy (non-hydrogen) atoms. The zero-order valence-electron chi connectivity index (χ0n) is 9.97. The molecule has 4 nitrogen and oxygen atoms in total. The second-order valence-corrected chi connectivity index (χ2v) is 3.99. The van der Waals surface area contributed by atoms with Crippen LogP contribution in [0.3, 0.4) is 0 Å². The van der Waals surface area contributed by atoms with E-state index in [0.717, 1.165) is 11.4 Å². The van der Waals surface area contributed by atoms with E-state index in [2.05, 4.69) is 10.3 Å². The van der Waals surface area contributed by atoms with Crippen LogP contribution in [0, 0.1) is 0 Å². The molecule has 0 saturated carbocycles. The van der Waals surface area contributed by atoms with E-state index in [1.54, 1.807) is 18.3 Å². The highest BCUT2D eigenvalue weighted by Gasteiger charge is 2.03. The monoisotopic (exact) mass is 241 g/mol. The second-order valence-electron chi connectivity index (χ2n) is 3.99. The van der Waals surface area contributed by atoms with Crippen molar-refractivity contribution in [3.63, 3.8) is 0 Å². The number of carbonyl (C=O) groups excluding carboxylic acids is 1. The molecule has 0 radical (unpaired) electrons. The topological polar surface area (TPSA) is 68.0 Å². The quantitative estimate of drug-likeness (QED) is 0.806. The highest BCUT2D eigenvalue weighted by molar-refractivity contribution is 5.91. The SMILES string of the molecule is Nc1cccc(NC(=O)CCc2ccccn2)c1. The summed E-state index contributed by atoms with van der Waals surface area (Å²) in [7, 11) is 0. The fraction of sp³-hybridized carbons (Fsp3) is 0.143. The van der Waals surface area contributed by atoms with Crippen molar-refractivity contribution in [1.29, 1.82) is 0 Å². The Morgan fingerprint density at radius 3 is 2.83 bits per heavy atom. The molecule has 4 heteroatoms. The third-order valence-electron chi connectivity index (χ3n) is 2.50. The number of nitrogens with one attached hydrogen (secondary N) is 1. The van der Waals surface area contributed by atoms with E-state index >= 15 is 0 Å². The number of benzene rings is 1. The van der Waals surface area contributed by atoms with Crippen LogP contribution < -0.4 is 11.1 Å². The van der Waals surface area contributed by atoms with Crippen molar-refractivity contribution in [2.24, 2.45) is 0 Å². The van der Waals surface area contributed by atoms with Crippen LogP contribution >= 0.6 is 0 Å². The van der Waals surface area contributed by atoms with Gasteiger partial charge >= 0.3 is 0 Å². The Morgan fingerprint density at radius 1 is 1.22 bits per heavy atom. The number of nitrogens with two attached hydrogens (primary N) is 1. The molecule has 1 amide bonds. The lowest BCUT2D eigenvalue weighted by molar-refractivity contribution is -0.116. The van der Waals surface area contributed by atoms with E-state index in [0.29, 0.717) is 18.5 Å². The average molecular weight is 241 g/mol. The number of carbonyl (C=O) groups is 1. The summed E-state index contributed by atoms with van der Waals surface area (Å²) < 4.78 is 0. The molecule has 0 aliphatic carbocycles. The minimum Gasteiger partial charge on any atom is -0.399 e. The average Bonchev–Trinajstić information content (AvgIpc) is 2.38. The highest BCUT2D eigenvalue weighted by atomic mass is 16.1. The molecule has 0 fully saturated rings. The predicted octanol–water partition coefficient (Wildman–Crippen LogP) is 2.24. The van der Waals surface area contributed by atoms with Crippen LogP contribution in [0.25, 0.3) is 0 Å². The summed E-state index contributed by atoms with van der Waals surface area (Å²) in [6, 6.07) is 12.8. The lowest BCUT2D eigenvalue weighted by atomic mass is 10.2. The molecule has 0 aliphatic rings. The molecule has 1 aromatic heterocycles. The van der Waals surface area contributed by atoms with E-state index in [9.17, 15) is 4.79 Å². The van der Waals surface area contributed by atoms with Gasteiger partial charge in [0.2, 0.25) is 5.91 Å². The zero-order valence-corrected chi connectivity index (χ0v) is 9.97. The van der Waals surface area contributed by atoms with Crippen LogP contribution in [0.5, 0.6) is 0 Å². The Hall–Kier alpha value is -2.36. The van der Waals surface area contributed by atoms with Crippen molar-refractivity contribution in [3.8, 4) is 0 Å². The number of anilines is 2. The second kappa shape index (κ2) is 5.82. The summed E-state index contributed by atoms with van der Waals surface area (Å²) in [5.41, 5.74) is 7.91. The summed E-state index contributed by atoms with van der Waals surface area (Å²) in [6.45, 7) is 0. The van der Waals surface area contributed by atoms with Gasteiger partial charge in [0.25, 0.3) is 0 Å². The molecule has 0 bridgehead atoms. The number of hydrogen-bond acceptors (Lipinski definition) is 3. The van der Waals surface area contributed by atoms with Gasteiger partial charge in [0, 0.05) is 29.7 Å². The lowest BCUT2D eigenvalue weighted by Crippen LogP contribution is -2.12. The first-order valence-electron chi connectivity index (χ1n) is 5.79. The van der Waals surface area contributed by atoms with Gasteiger partial charge in [0.05, 0.1) is 0 Å². The third-order valence-corrected chi connectivity index (χ3v) is 2.50. The third kappa shape index (κ3) is 3.59. The number of rotatable bonds is 4. The number of nitrogens with zero attached hydrogens (tertiary/aromatic N) is 1. The maximum absolute atomic E-state index is 11.7. The maximum atomic E-state index is 11.7. The van der Waals surface area contributed by atoms with Crippen molar-refractivity contribution < 1.29 is 4.79 Å². The summed E-state index contributed by atoms with van der Waals surface area (Å²) in [4.78, 5) is 15.9. The van der Waals surface area contributed by atoms with E-state index < -0.39 is 0 Å². The first kappa shape index (κ1) is 12.1. The highest BCUT2D eigenvalue weighted by Crippen LogP contribution is 2.12. The van der Waals surface area contributed by atoms with Gasteiger partial charge < -0.3 is 11.1 Å². The number of hydrogen-bond donors (Lipinski definition) is 2. The van der Waals surface area contributed by atoms with Gasteiger partial charge in [0.15, 0.2) is 0 Å². The molecule has 2 rings (SSSR count). The van der Waals surface area contributed by atoms with Crippen LogP contribution in [0.1, 0.15) is 12.1 Å². The first-order valence-corrected chi connectivity index (χ1v) is 5.79. The molecular formula is C14H15N3O. The molecule has 0 spiro atoms. The molecule has 3 N–H and O–H groups in total. The van der Waals surface area contributed by atoms with Crippen molar-refractivity contribution in [2.75, 3.05) is 11.1 Å². The molecule has 0 aliphatic heterocycles. The van der Waals surface area contributed by atoms with Gasteiger partial charge in [0.1, 0.15) is 0 Å². The van der Waals surface area contributed by atoms with Gasteiger partial charge in [-0.25, -0.2) is 0 Å². The van der Waals surface area contributed by atoms with Crippen LogP contribution in [0.2, 0.25) is 0 Å². The number of amides is 1. The smallest absolute Gasteiger partial charge is 0.224 e. The summed E-state index contributed by atoms with van der Waals surface area (Å²) in [5, 5.41) is 2.81. The van der Waals surface area contributed by atoms with E-state index in [4.69, 9.17) is 5.73 Å². The number of aromatic nitrogens is 1. The normalized spacial score (nSPS) is 10.0. The van der Waals surface area contributed by atoms with Crippen LogP contribution in [0.15, 0.2) is 48.7 Å². The number of aryl methyl sites for hydroxylation is 1. The minimum atomic E-state index is -0.0359. The van der Waals surface area contributed by atoms with Gasteiger partial charge in [-0.15, -0.1) is 0 Å². The fourth-order valence-corrected chi connectivity index (χ4v) is 1.63. The summed E-state index contributed by atoms with van der Waals surface area (Å²) in [5.74, 6) is -0.0359. The first-order chi connectivity index (χ1) is 8.74. The van der Waals surface area contributed by atoms with Crippen LogP contribution in [-0.4, -0.2) is 10.9 Å². The van der Waals surface area contributed by atoms with Crippen molar-refractivity contribution in [1.82, 2.24) is 4.98 Å². The van der Waals surface area contributed by atoms with Gasteiger partial charge in [-0.2, -0.15) is 0 Å². The minimum absolute atomic E-state index is 0.0359. The molecule has 2 aromatic rings. The summed E-state index contributed by atoms with van der Waals surface area (Å²) in [6.07, 6.45) is 2.77. The molecule has 1 aromatic carbocycles. The molecule has 0 saturated heterocycles. The predicted molar refractivity (Wildman–Crippen MR) is 72.0 cm³/mol. The van der Waals surface area contributed by atoms with E-state index in [-0.39, 0.29) is 5.91 Å². The number of nitrogen functional groups attached to an aromatic ring is 1. The van der Waals surface area contributed by atoms with Crippen molar-refractivity contribution >= 4 is 17.3 Å². The van der Waals surface area contributed by atoms with Gasteiger partial charge in [-0.1, -0.05) is 12.1 Å². The van der Waals surface area contributed by atoms with Gasteiger partial charge in [-0.05, 0) is 36.8 Å². The maximum Gasteiger partial charge on any atom is 0.224 e. The fourth-order valence-electron chi connectivity index (χ4n) is 1.63. The molecule has 0 atom stereocenters. The standard InChI is InChI=1S/C14H15N3O/c15-11-4-3-6-13(10-11)17-14(18)8-7-12-5-1-2-9-16-12/h1-6,9-10H,7-8,15H2,(H,17,18). The van der Waals surface area contributed by atoms with Crippen molar-refractivity contribution in [2.45, 2.75) is 12.8 Å². The largest absolute Gasteiger partial charge is 0.399 e. The molecule has 1 heterocycles. The van der Waals surface area contributed by atoms with Crippen LogP contribution in [0.4, 0.5) is 11.4 Å². The Labute approximate surface area is 106 Å². The summed E-state index contributed by atoms with van der Waals surface area (Å²) >= 11 is 0. The molecule has 0 unspecified atom stereocenters. The van der Waals surface area contributed by atoms with Crippen molar-refractivity contribution in [3.05, 3.63) is 54.4 Å². The number of pyridine rings is 1. The Morgan fingerprint density at radius 2 is 2.11 bits per heavy atom. The molecular weight excluding hydrogens is 226 g/mol. The van der Waals surface area contributed by atoms with E-state index in [1.807, 2.05) is 30.3 Å².